The number of methoxy groups -OCH3 is 1. The third kappa shape index (κ3) is 5.39. The van der Waals surface area contributed by atoms with Crippen LogP contribution >= 0.6 is 0 Å². The molecule has 2 aliphatic rings. The van der Waals surface area contributed by atoms with Crippen LogP contribution in [0.15, 0.2) is 34.9 Å². The van der Waals surface area contributed by atoms with Crippen molar-refractivity contribution in [3.8, 4) is 11.5 Å². The Morgan fingerprint density at radius 1 is 1.10 bits per heavy atom. The standard InChI is InChI=1S/C24H33N3O4/c1-29-19-9-8-10-20(15-19)30-17-21-16-22(26-31-21)23(28)25-18-24(11-4-2-5-12-24)27-13-6-3-7-14-27/h8-10,15-16H,2-7,11-14,17-18H2,1H3,(H,25,28). The van der Waals surface area contributed by atoms with Gasteiger partial charge in [0.1, 0.15) is 18.1 Å². The van der Waals surface area contributed by atoms with Crippen molar-refractivity contribution < 1.29 is 18.8 Å². The van der Waals surface area contributed by atoms with Crippen molar-refractivity contribution in [3.05, 3.63) is 41.8 Å². The summed E-state index contributed by atoms with van der Waals surface area (Å²) >= 11 is 0. The number of amides is 1. The summed E-state index contributed by atoms with van der Waals surface area (Å²) in [6.45, 7) is 3.16. The third-order valence-electron chi connectivity index (χ3n) is 6.60. The molecule has 168 valence electrons. The minimum absolute atomic E-state index is 0.0936. The van der Waals surface area contributed by atoms with Gasteiger partial charge in [0.2, 0.25) is 0 Å². The van der Waals surface area contributed by atoms with E-state index in [4.69, 9.17) is 14.0 Å². The lowest BCUT2D eigenvalue weighted by Gasteiger charge is -2.48. The maximum atomic E-state index is 12.8. The zero-order valence-electron chi connectivity index (χ0n) is 18.4. The molecule has 1 N–H and O–H groups in total. The number of hydrogen-bond donors (Lipinski definition) is 1. The summed E-state index contributed by atoms with van der Waals surface area (Å²) in [6.07, 6.45) is 9.93. The van der Waals surface area contributed by atoms with Gasteiger partial charge in [-0.3, -0.25) is 9.69 Å². The highest BCUT2D eigenvalue weighted by atomic mass is 16.5. The van der Waals surface area contributed by atoms with Gasteiger partial charge in [-0.2, -0.15) is 0 Å². The highest BCUT2D eigenvalue weighted by Gasteiger charge is 2.38. The van der Waals surface area contributed by atoms with Crippen LogP contribution in [0.2, 0.25) is 0 Å². The number of carbonyl (C=O) groups is 1. The van der Waals surface area contributed by atoms with Gasteiger partial charge < -0.3 is 19.3 Å². The Balaban J connectivity index is 1.33. The molecule has 1 aliphatic heterocycles. The van der Waals surface area contributed by atoms with Gasteiger partial charge in [0.05, 0.1) is 7.11 Å². The Morgan fingerprint density at radius 2 is 1.84 bits per heavy atom. The first kappa shape index (κ1) is 21.7. The SMILES string of the molecule is COc1cccc(OCc2cc(C(=O)NCC3(N4CCCCC4)CCCCC3)no2)c1. The van der Waals surface area contributed by atoms with Crippen LogP contribution in [0, 0.1) is 0 Å². The number of piperidine rings is 1. The molecular weight excluding hydrogens is 394 g/mol. The van der Waals surface area contributed by atoms with Gasteiger partial charge >= 0.3 is 0 Å². The summed E-state index contributed by atoms with van der Waals surface area (Å²) in [4.78, 5) is 15.4. The maximum absolute atomic E-state index is 12.8. The molecule has 31 heavy (non-hydrogen) atoms. The van der Waals surface area contributed by atoms with Crippen molar-refractivity contribution in [2.45, 2.75) is 63.5 Å². The second-order valence-corrected chi connectivity index (χ2v) is 8.66. The monoisotopic (exact) mass is 427 g/mol. The Labute approximate surface area is 184 Å². The number of aromatic nitrogens is 1. The van der Waals surface area contributed by atoms with Crippen molar-refractivity contribution >= 4 is 5.91 Å². The molecule has 2 fully saturated rings. The van der Waals surface area contributed by atoms with E-state index in [-0.39, 0.29) is 18.1 Å². The molecule has 0 unspecified atom stereocenters. The lowest BCUT2D eigenvalue weighted by atomic mass is 9.79. The molecule has 1 aliphatic carbocycles. The average molecular weight is 428 g/mol. The van der Waals surface area contributed by atoms with E-state index >= 15 is 0 Å². The quantitative estimate of drug-likeness (QED) is 0.681. The van der Waals surface area contributed by atoms with Crippen molar-refractivity contribution in [1.82, 2.24) is 15.4 Å². The second kappa shape index (κ2) is 10.2. The van der Waals surface area contributed by atoms with Crippen molar-refractivity contribution in [2.24, 2.45) is 0 Å². The fourth-order valence-corrected chi connectivity index (χ4v) is 4.85. The zero-order valence-corrected chi connectivity index (χ0v) is 18.4. The maximum Gasteiger partial charge on any atom is 0.273 e. The molecule has 1 saturated carbocycles. The molecule has 2 aromatic rings. The summed E-state index contributed by atoms with van der Waals surface area (Å²) in [6, 6.07) is 9.01. The number of ether oxygens (including phenoxy) is 2. The molecule has 1 aromatic heterocycles. The van der Waals surface area contributed by atoms with Crippen LogP contribution in [-0.4, -0.2) is 48.2 Å². The number of rotatable bonds is 8. The molecule has 4 rings (SSSR count). The number of hydrogen-bond acceptors (Lipinski definition) is 6. The first-order valence-corrected chi connectivity index (χ1v) is 11.4. The number of carbonyl (C=O) groups excluding carboxylic acids is 1. The fourth-order valence-electron chi connectivity index (χ4n) is 4.85. The Kier molecular flexibility index (Phi) is 7.12. The number of benzene rings is 1. The molecule has 1 amide bonds. The average Bonchev–Trinajstić information content (AvgIpc) is 3.32. The Hall–Kier alpha value is -2.54. The van der Waals surface area contributed by atoms with Gasteiger partial charge in [-0.1, -0.05) is 36.9 Å². The van der Waals surface area contributed by atoms with Crippen molar-refractivity contribution in [3.63, 3.8) is 0 Å². The molecule has 1 aromatic carbocycles. The third-order valence-corrected chi connectivity index (χ3v) is 6.60. The van der Waals surface area contributed by atoms with Gasteiger partial charge in [-0.25, -0.2) is 0 Å². The Bertz CT molecular complexity index is 854. The molecule has 0 radical (unpaired) electrons. The lowest BCUT2D eigenvalue weighted by molar-refractivity contribution is 0.0325. The van der Waals surface area contributed by atoms with E-state index in [1.807, 2.05) is 18.2 Å². The van der Waals surface area contributed by atoms with E-state index in [0.717, 1.165) is 31.7 Å². The Morgan fingerprint density at radius 3 is 2.61 bits per heavy atom. The van der Waals surface area contributed by atoms with Crippen LogP contribution in [0.4, 0.5) is 0 Å². The highest BCUT2D eigenvalue weighted by molar-refractivity contribution is 5.92. The number of likely N-dealkylation sites (tertiary alicyclic amines) is 1. The molecule has 0 bridgehead atoms. The normalized spacial score (nSPS) is 19.0. The van der Waals surface area contributed by atoms with Crippen LogP contribution in [0.5, 0.6) is 11.5 Å². The topological polar surface area (TPSA) is 76.8 Å². The van der Waals surface area contributed by atoms with Crippen LogP contribution in [0.1, 0.15) is 67.6 Å². The minimum atomic E-state index is -0.182. The summed E-state index contributed by atoms with van der Waals surface area (Å²) in [7, 11) is 1.61. The van der Waals surface area contributed by atoms with Gasteiger partial charge in [-0.05, 0) is 50.9 Å². The first-order chi connectivity index (χ1) is 15.2. The van der Waals surface area contributed by atoms with E-state index in [2.05, 4.69) is 15.4 Å². The van der Waals surface area contributed by atoms with E-state index in [1.165, 1.54) is 38.5 Å². The van der Waals surface area contributed by atoms with E-state index in [1.54, 1.807) is 19.2 Å². The summed E-state index contributed by atoms with van der Waals surface area (Å²) < 4.78 is 16.2. The zero-order chi connectivity index (χ0) is 21.5. The van der Waals surface area contributed by atoms with E-state index in [9.17, 15) is 4.79 Å². The fraction of sp³-hybridized carbons (Fsp3) is 0.583. The largest absolute Gasteiger partial charge is 0.497 e. The second-order valence-electron chi connectivity index (χ2n) is 8.66. The molecule has 0 spiro atoms. The minimum Gasteiger partial charge on any atom is -0.497 e. The first-order valence-electron chi connectivity index (χ1n) is 11.4. The molecular formula is C24H33N3O4. The number of nitrogens with one attached hydrogen (secondary N) is 1. The van der Waals surface area contributed by atoms with E-state index < -0.39 is 0 Å². The van der Waals surface area contributed by atoms with Crippen LogP contribution in [0.25, 0.3) is 0 Å². The van der Waals surface area contributed by atoms with Gasteiger partial charge in [0.15, 0.2) is 11.5 Å². The van der Waals surface area contributed by atoms with Gasteiger partial charge in [0, 0.05) is 24.2 Å². The van der Waals surface area contributed by atoms with E-state index in [0.29, 0.717) is 23.7 Å². The van der Waals surface area contributed by atoms with Crippen LogP contribution in [0.3, 0.4) is 0 Å². The molecule has 0 atom stereocenters. The van der Waals surface area contributed by atoms with Crippen molar-refractivity contribution in [2.75, 3.05) is 26.7 Å². The summed E-state index contributed by atoms with van der Waals surface area (Å²) in [5, 5.41) is 7.10. The predicted octanol–water partition coefficient (Wildman–Crippen LogP) is 4.18. The molecule has 1 saturated heterocycles. The van der Waals surface area contributed by atoms with Crippen molar-refractivity contribution in [1.29, 1.82) is 0 Å². The molecule has 2 heterocycles. The molecule has 7 nitrogen and oxygen atoms in total. The number of nitrogens with zero attached hydrogens (tertiary/aromatic N) is 2. The lowest BCUT2D eigenvalue weighted by Crippen LogP contribution is -2.58. The van der Waals surface area contributed by atoms with Gasteiger partial charge in [-0.15, -0.1) is 0 Å². The van der Waals surface area contributed by atoms with Gasteiger partial charge in [0.25, 0.3) is 5.91 Å². The molecule has 7 heteroatoms. The van der Waals surface area contributed by atoms with Crippen LogP contribution < -0.4 is 14.8 Å². The highest BCUT2D eigenvalue weighted by Crippen LogP contribution is 2.35. The smallest absolute Gasteiger partial charge is 0.273 e. The summed E-state index contributed by atoms with van der Waals surface area (Å²) in [5.41, 5.74) is 0.393. The predicted molar refractivity (Wildman–Crippen MR) is 117 cm³/mol. The summed E-state index contributed by atoms with van der Waals surface area (Å²) in [5.74, 6) is 1.72. The van der Waals surface area contributed by atoms with Crippen LogP contribution in [-0.2, 0) is 6.61 Å².